The number of carbonyl (C=O) groups excluding carboxylic acids is 1. The van der Waals surface area contributed by atoms with E-state index >= 15 is 0 Å². The Hall–Kier alpha value is -0.500. The molecule has 2 N–H and O–H groups in total. The minimum atomic E-state index is -4.58. The number of nitrogens with one attached hydrogen (secondary N) is 1. The van der Waals surface area contributed by atoms with Crippen LogP contribution in [-0.4, -0.2) is 68.5 Å². The highest BCUT2D eigenvalue weighted by Crippen LogP contribution is 2.38. The molecule has 0 saturated heterocycles. The van der Waals surface area contributed by atoms with E-state index in [-0.39, 0.29) is 19.1 Å². The maximum Gasteiger partial charge on any atom is 0.268 e. The van der Waals surface area contributed by atoms with E-state index in [1.807, 2.05) is 21.1 Å². The molecule has 498 valence electrons. The van der Waals surface area contributed by atoms with Gasteiger partial charge < -0.3 is 28.8 Å². The first-order valence-electron chi connectivity index (χ1n) is 37.9. The molecule has 0 aliphatic carbocycles. The SMILES string of the molecule is CCCCCCCCCCCCCCCCCCCCCCCCCCCCCCCCCCCCC(=O)NC(COP(=O)([O-])OCC[N+](C)(C)C)C(O)CCCCCCCCCCCCCCCCCCCCCCCCCCCCC. The van der Waals surface area contributed by atoms with Crippen LogP contribution < -0.4 is 10.2 Å². The van der Waals surface area contributed by atoms with Crippen molar-refractivity contribution in [3.63, 3.8) is 0 Å². The van der Waals surface area contributed by atoms with Crippen LogP contribution in [0.5, 0.6) is 0 Å². The van der Waals surface area contributed by atoms with Crippen molar-refractivity contribution in [2.45, 2.75) is 431 Å². The summed E-state index contributed by atoms with van der Waals surface area (Å²) in [5.74, 6) is -0.152. The highest BCUT2D eigenvalue weighted by molar-refractivity contribution is 7.45. The molecule has 0 aliphatic heterocycles. The van der Waals surface area contributed by atoms with Crippen LogP contribution in [0.3, 0.4) is 0 Å². The summed E-state index contributed by atoms with van der Waals surface area (Å²) in [4.78, 5) is 25.7. The zero-order valence-corrected chi connectivity index (χ0v) is 58.1. The summed E-state index contributed by atoms with van der Waals surface area (Å²) in [7, 11) is 1.33. The lowest BCUT2D eigenvalue weighted by molar-refractivity contribution is -0.870. The van der Waals surface area contributed by atoms with Crippen molar-refractivity contribution in [1.82, 2.24) is 5.32 Å². The number of aliphatic hydroxyl groups excluding tert-OH is 1. The van der Waals surface area contributed by atoms with Crippen molar-refractivity contribution < 1.29 is 32.9 Å². The monoisotopic (exact) mass is 1200 g/mol. The minimum Gasteiger partial charge on any atom is -0.756 e. The molecule has 0 rings (SSSR count). The van der Waals surface area contributed by atoms with Gasteiger partial charge in [-0.1, -0.05) is 399 Å². The van der Waals surface area contributed by atoms with Crippen LogP contribution in [0.4, 0.5) is 0 Å². The van der Waals surface area contributed by atoms with Crippen LogP contribution in [0.25, 0.3) is 0 Å². The predicted octanol–water partition coefficient (Wildman–Crippen LogP) is 23.7. The highest BCUT2D eigenvalue weighted by Gasteiger charge is 2.24. The van der Waals surface area contributed by atoms with Crippen LogP contribution in [-0.2, 0) is 18.4 Å². The fraction of sp³-hybridized carbons (Fsp3) is 0.986. The van der Waals surface area contributed by atoms with Gasteiger partial charge in [-0.25, -0.2) is 0 Å². The molecule has 0 aromatic rings. The van der Waals surface area contributed by atoms with Crippen molar-refractivity contribution in [3.8, 4) is 0 Å². The lowest BCUT2D eigenvalue weighted by atomic mass is 10.0. The van der Waals surface area contributed by atoms with Gasteiger partial charge in [-0.05, 0) is 12.8 Å². The first kappa shape index (κ1) is 82.5. The lowest BCUT2D eigenvalue weighted by Crippen LogP contribution is -2.46. The summed E-state index contributed by atoms with van der Waals surface area (Å²) in [6.45, 7) is 4.81. The third-order valence-corrected chi connectivity index (χ3v) is 19.1. The fourth-order valence-electron chi connectivity index (χ4n) is 12.2. The number of likely N-dealkylation sites (N-methyl/N-ethyl adjacent to an activating group) is 1. The van der Waals surface area contributed by atoms with Crippen molar-refractivity contribution in [2.75, 3.05) is 40.9 Å². The summed E-state index contributed by atoms with van der Waals surface area (Å²) >= 11 is 0. The zero-order chi connectivity index (χ0) is 60.5. The number of amides is 1. The summed E-state index contributed by atoms with van der Waals surface area (Å²) in [5.41, 5.74) is 0. The van der Waals surface area contributed by atoms with Gasteiger partial charge in [0.2, 0.25) is 5.91 Å². The molecular formula is C74H151N2O6P. The number of carbonyl (C=O) groups is 1. The summed E-state index contributed by atoms with van der Waals surface area (Å²) < 4.78 is 23.6. The molecule has 0 aromatic carbocycles. The van der Waals surface area contributed by atoms with E-state index < -0.39 is 20.0 Å². The molecule has 0 heterocycles. The van der Waals surface area contributed by atoms with Crippen LogP contribution in [0.2, 0.25) is 0 Å². The number of nitrogens with zero attached hydrogens (tertiary/aromatic N) is 1. The molecule has 83 heavy (non-hydrogen) atoms. The van der Waals surface area contributed by atoms with Crippen LogP contribution >= 0.6 is 7.82 Å². The van der Waals surface area contributed by atoms with E-state index in [0.717, 1.165) is 38.5 Å². The van der Waals surface area contributed by atoms with E-state index in [4.69, 9.17) is 9.05 Å². The van der Waals surface area contributed by atoms with Gasteiger partial charge >= 0.3 is 0 Å². The number of hydrogen-bond donors (Lipinski definition) is 2. The summed E-state index contributed by atoms with van der Waals surface area (Å²) in [6, 6.07) is -0.797. The summed E-state index contributed by atoms with van der Waals surface area (Å²) in [6.07, 6.45) is 83.5. The van der Waals surface area contributed by atoms with E-state index in [1.165, 1.54) is 353 Å². The predicted molar refractivity (Wildman–Crippen MR) is 363 cm³/mol. The lowest BCUT2D eigenvalue weighted by Gasteiger charge is -2.30. The number of quaternary nitrogens is 1. The number of unbranched alkanes of at least 4 members (excludes halogenated alkanes) is 59. The van der Waals surface area contributed by atoms with Crippen molar-refractivity contribution in [2.24, 2.45) is 0 Å². The average Bonchev–Trinajstić information content (AvgIpc) is 3.49. The maximum absolute atomic E-state index is 13.1. The average molecular weight is 1200 g/mol. The Balaban J connectivity index is 3.92. The Morgan fingerprint density at radius 2 is 0.590 bits per heavy atom. The van der Waals surface area contributed by atoms with E-state index in [2.05, 4.69) is 19.2 Å². The molecule has 1 amide bonds. The van der Waals surface area contributed by atoms with Crippen LogP contribution in [0.1, 0.15) is 418 Å². The summed E-state index contributed by atoms with van der Waals surface area (Å²) in [5, 5.41) is 14.1. The minimum absolute atomic E-state index is 0.0171. The molecule has 0 spiro atoms. The Kier molecular flexibility index (Phi) is 65.5. The molecule has 3 unspecified atom stereocenters. The number of aliphatic hydroxyl groups is 1. The van der Waals surface area contributed by atoms with Crippen molar-refractivity contribution in [3.05, 3.63) is 0 Å². The van der Waals surface area contributed by atoms with Gasteiger partial charge in [0.1, 0.15) is 13.2 Å². The molecule has 0 bridgehead atoms. The van der Waals surface area contributed by atoms with E-state index in [1.54, 1.807) is 0 Å². The Bertz CT molecular complexity index is 1310. The second-order valence-corrected chi connectivity index (χ2v) is 29.1. The third-order valence-electron chi connectivity index (χ3n) is 18.1. The molecule has 9 heteroatoms. The van der Waals surface area contributed by atoms with Crippen LogP contribution in [0, 0.1) is 0 Å². The molecular weight excluding hydrogens is 1040 g/mol. The molecule has 8 nitrogen and oxygen atoms in total. The van der Waals surface area contributed by atoms with Gasteiger partial charge in [-0.15, -0.1) is 0 Å². The van der Waals surface area contributed by atoms with E-state index in [0.29, 0.717) is 23.9 Å². The molecule has 3 atom stereocenters. The number of rotatable bonds is 72. The second kappa shape index (κ2) is 65.9. The van der Waals surface area contributed by atoms with E-state index in [9.17, 15) is 19.4 Å². The largest absolute Gasteiger partial charge is 0.756 e. The zero-order valence-electron chi connectivity index (χ0n) is 57.2. The maximum atomic E-state index is 13.1. The van der Waals surface area contributed by atoms with Gasteiger partial charge in [0, 0.05) is 6.42 Å². The molecule has 0 aliphatic rings. The molecule has 0 aromatic heterocycles. The Morgan fingerprint density at radius 1 is 0.373 bits per heavy atom. The molecule has 0 fully saturated rings. The van der Waals surface area contributed by atoms with Gasteiger partial charge in [0.15, 0.2) is 0 Å². The third kappa shape index (κ3) is 68.8. The molecule has 0 radical (unpaired) electrons. The topological polar surface area (TPSA) is 108 Å². The molecule has 0 saturated carbocycles. The number of hydrogen-bond acceptors (Lipinski definition) is 6. The Morgan fingerprint density at radius 3 is 0.819 bits per heavy atom. The number of phosphoric ester groups is 1. The van der Waals surface area contributed by atoms with Gasteiger partial charge in [0.25, 0.3) is 7.82 Å². The highest BCUT2D eigenvalue weighted by atomic mass is 31.2. The van der Waals surface area contributed by atoms with Gasteiger partial charge in [-0.2, -0.15) is 0 Å². The normalized spacial score (nSPS) is 13.5. The Labute approximate surface area is 520 Å². The first-order chi connectivity index (χ1) is 40.5. The smallest absolute Gasteiger partial charge is 0.268 e. The second-order valence-electron chi connectivity index (χ2n) is 27.7. The quantitative estimate of drug-likeness (QED) is 0.0357. The van der Waals surface area contributed by atoms with Crippen molar-refractivity contribution >= 4 is 13.7 Å². The fourth-order valence-corrected chi connectivity index (χ4v) is 12.9. The van der Waals surface area contributed by atoms with Gasteiger partial charge in [-0.3, -0.25) is 9.36 Å². The van der Waals surface area contributed by atoms with Crippen LogP contribution in [0.15, 0.2) is 0 Å². The van der Waals surface area contributed by atoms with Gasteiger partial charge in [0.05, 0.1) is 39.9 Å². The number of phosphoric acid groups is 1. The standard InChI is InChI=1S/C74H151N2O6P/c1-6-8-10-12-14-16-18-20-22-24-26-28-30-32-34-35-36-37-38-39-40-42-44-46-48-50-52-54-56-58-60-62-64-66-68-74(78)75-72(71-82-83(79,80)81-70-69-76(3,4)5)73(77)67-65-63-61-59-57-55-53-51-49-47-45-43-41-33-31-29-27-25-23-21-19-17-15-13-11-9-7-2/h72-73,77H,6-71H2,1-5H3,(H-,75,78,79,80). The first-order valence-corrected chi connectivity index (χ1v) is 39.3. The van der Waals surface area contributed by atoms with Crippen molar-refractivity contribution in [1.29, 1.82) is 0 Å².